The highest BCUT2D eigenvalue weighted by Crippen LogP contribution is 2.29. The Morgan fingerprint density at radius 1 is 1.02 bits per heavy atom. The summed E-state index contributed by atoms with van der Waals surface area (Å²) in [6.45, 7) is 6.43. The minimum atomic E-state index is -0.567. The van der Waals surface area contributed by atoms with E-state index in [4.69, 9.17) is 9.47 Å². The van der Waals surface area contributed by atoms with Gasteiger partial charge in [0.25, 0.3) is 11.8 Å². The van der Waals surface area contributed by atoms with Gasteiger partial charge in [-0.05, 0) is 87.7 Å². The van der Waals surface area contributed by atoms with Gasteiger partial charge >= 0.3 is 6.03 Å². The third-order valence-electron chi connectivity index (χ3n) is 8.23. The summed E-state index contributed by atoms with van der Waals surface area (Å²) in [4.78, 5) is 43.4. The molecular formula is C36H45FN4O6. The van der Waals surface area contributed by atoms with Crippen molar-refractivity contribution in [1.82, 2.24) is 9.80 Å². The lowest BCUT2D eigenvalue weighted by molar-refractivity contribution is -0.0149. The first-order chi connectivity index (χ1) is 22.5. The number of hydrogen-bond donors (Lipinski definition) is 3. The van der Waals surface area contributed by atoms with E-state index >= 15 is 0 Å². The topological polar surface area (TPSA) is 120 Å². The number of urea groups is 1. The molecule has 0 aliphatic carbocycles. The lowest BCUT2D eigenvalue weighted by atomic mass is 10.0. The number of nitrogens with one attached hydrogen (secondary N) is 2. The number of aliphatic hydroxyl groups is 1. The molecule has 0 aromatic heterocycles. The number of likely N-dealkylation sites (N-methyl/N-ethyl adjacent to an activating group) is 1. The van der Waals surface area contributed by atoms with Gasteiger partial charge in [0.2, 0.25) is 0 Å². The molecule has 1 aliphatic rings. The van der Waals surface area contributed by atoms with E-state index in [2.05, 4.69) is 10.6 Å². The highest BCUT2D eigenvalue weighted by molar-refractivity contribution is 6.02. The van der Waals surface area contributed by atoms with Gasteiger partial charge in [0.1, 0.15) is 11.6 Å². The summed E-state index contributed by atoms with van der Waals surface area (Å²) >= 11 is 0. The average molecular weight is 649 g/mol. The maximum absolute atomic E-state index is 14.3. The van der Waals surface area contributed by atoms with Gasteiger partial charge in [0, 0.05) is 49.6 Å². The number of benzene rings is 3. The number of rotatable bonds is 7. The summed E-state index contributed by atoms with van der Waals surface area (Å²) in [5.41, 5.74) is 1.56. The van der Waals surface area contributed by atoms with Crippen LogP contribution in [0, 0.1) is 11.7 Å². The molecule has 3 aromatic carbocycles. The molecule has 1 aliphatic heterocycles. The Morgan fingerprint density at radius 3 is 2.40 bits per heavy atom. The largest absolute Gasteiger partial charge is 0.490 e. The lowest BCUT2D eigenvalue weighted by Gasteiger charge is -2.36. The van der Waals surface area contributed by atoms with Crippen LogP contribution in [-0.2, 0) is 4.74 Å². The van der Waals surface area contributed by atoms with Crippen molar-refractivity contribution >= 4 is 29.2 Å². The molecule has 0 radical (unpaired) electrons. The standard InChI is InChI=1S/C36H45FN4O6/c1-24-21-41(25(2)23-42)35(44)31-20-30(39-36(45)38-29-15-13-28(37)14-16-29)17-18-32(31)47-26(3)10-8-9-19-46-33(24)22-40(4)34(43)27-11-6-5-7-12-27/h5-7,11-18,20,24-26,33,42H,8-10,19,21-23H2,1-4H3,(H2,38,39,45)/t24-,25+,26-,33-/m1/s1. The monoisotopic (exact) mass is 648 g/mol. The molecule has 252 valence electrons. The van der Waals surface area contributed by atoms with Gasteiger partial charge in [-0.25, -0.2) is 9.18 Å². The Labute approximate surface area is 275 Å². The van der Waals surface area contributed by atoms with Crippen molar-refractivity contribution in [2.24, 2.45) is 5.92 Å². The van der Waals surface area contributed by atoms with E-state index in [1.165, 1.54) is 24.3 Å². The summed E-state index contributed by atoms with van der Waals surface area (Å²) in [5.74, 6) is -0.772. The second kappa shape index (κ2) is 16.9. The molecule has 0 fully saturated rings. The predicted molar refractivity (Wildman–Crippen MR) is 179 cm³/mol. The molecule has 4 amide bonds. The van der Waals surface area contributed by atoms with Crippen LogP contribution in [0.4, 0.5) is 20.6 Å². The number of ether oxygens (including phenoxy) is 2. The molecule has 4 atom stereocenters. The van der Waals surface area contributed by atoms with Crippen molar-refractivity contribution in [3.8, 4) is 5.75 Å². The maximum atomic E-state index is 14.3. The van der Waals surface area contributed by atoms with Gasteiger partial charge < -0.3 is 35.0 Å². The zero-order valence-electron chi connectivity index (χ0n) is 27.4. The van der Waals surface area contributed by atoms with Gasteiger partial charge in [0.15, 0.2) is 0 Å². The SMILES string of the molecule is C[C@@H]1CCCCO[C@H](CN(C)C(=O)c2ccccc2)[C@H](C)CN([C@@H](C)CO)C(=O)c2cc(NC(=O)Nc3ccc(F)cc3)ccc2O1. The van der Waals surface area contributed by atoms with Gasteiger partial charge in [-0.15, -0.1) is 0 Å². The van der Waals surface area contributed by atoms with Crippen LogP contribution >= 0.6 is 0 Å². The molecule has 0 unspecified atom stereocenters. The van der Waals surface area contributed by atoms with E-state index < -0.39 is 17.9 Å². The quantitative estimate of drug-likeness (QED) is 0.288. The molecule has 1 heterocycles. The van der Waals surface area contributed by atoms with Gasteiger partial charge in [-0.1, -0.05) is 25.1 Å². The smallest absolute Gasteiger partial charge is 0.323 e. The van der Waals surface area contributed by atoms with Crippen LogP contribution in [0.25, 0.3) is 0 Å². The van der Waals surface area contributed by atoms with E-state index in [0.29, 0.717) is 35.8 Å². The Bertz CT molecular complexity index is 1490. The number of anilines is 2. The Hall–Kier alpha value is -4.48. The van der Waals surface area contributed by atoms with Crippen LogP contribution in [-0.4, -0.2) is 84.4 Å². The number of halogens is 1. The number of aliphatic hydroxyl groups excluding tert-OH is 1. The highest BCUT2D eigenvalue weighted by Gasteiger charge is 2.31. The fourth-order valence-electron chi connectivity index (χ4n) is 5.44. The summed E-state index contributed by atoms with van der Waals surface area (Å²) in [7, 11) is 1.74. The molecule has 0 saturated heterocycles. The molecular weight excluding hydrogens is 603 g/mol. The second-order valence-corrected chi connectivity index (χ2v) is 12.1. The minimum Gasteiger partial charge on any atom is -0.490 e. The minimum absolute atomic E-state index is 0.124. The number of fused-ring (bicyclic) bond motifs is 1. The first kappa shape index (κ1) is 35.4. The first-order valence-corrected chi connectivity index (χ1v) is 16.0. The predicted octanol–water partition coefficient (Wildman–Crippen LogP) is 6.04. The van der Waals surface area contributed by atoms with Crippen LogP contribution < -0.4 is 15.4 Å². The second-order valence-electron chi connectivity index (χ2n) is 12.1. The number of carbonyl (C=O) groups excluding carboxylic acids is 3. The van der Waals surface area contributed by atoms with E-state index in [9.17, 15) is 23.9 Å². The number of amides is 4. The Morgan fingerprint density at radius 2 is 1.70 bits per heavy atom. The molecule has 11 heteroatoms. The van der Waals surface area contributed by atoms with Crippen molar-refractivity contribution in [2.75, 3.05) is 44.0 Å². The van der Waals surface area contributed by atoms with Gasteiger partial charge in [-0.2, -0.15) is 0 Å². The van der Waals surface area contributed by atoms with Crippen molar-refractivity contribution in [3.05, 3.63) is 89.7 Å². The molecule has 0 bridgehead atoms. The van der Waals surface area contributed by atoms with Crippen LogP contribution in [0.5, 0.6) is 5.75 Å². The zero-order valence-corrected chi connectivity index (χ0v) is 27.4. The van der Waals surface area contributed by atoms with Crippen LogP contribution in [0.3, 0.4) is 0 Å². The van der Waals surface area contributed by atoms with Crippen LogP contribution in [0.2, 0.25) is 0 Å². The molecule has 3 aromatic rings. The fourth-order valence-corrected chi connectivity index (χ4v) is 5.44. The third-order valence-corrected chi connectivity index (χ3v) is 8.23. The summed E-state index contributed by atoms with van der Waals surface area (Å²) in [6.07, 6.45) is 1.76. The summed E-state index contributed by atoms with van der Waals surface area (Å²) in [6, 6.07) is 18.2. The van der Waals surface area contributed by atoms with Crippen LogP contribution in [0.15, 0.2) is 72.8 Å². The number of nitrogens with zero attached hydrogens (tertiary/aromatic N) is 2. The van der Waals surface area contributed by atoms with E-state index in [-0.39, 0.29) is 48.7 Å². The van der Waals surface area contributed by atoms with Crippen molar-refractivity contribution in [2.45, 2.75) is 58.3 Å². The molecule has 0 spiro atoms. The van der Waals surface area contributed by atoms with Crippen molar-refractivity contribution in [1.29, 1.82) is 0 Å². The van der Waals surface area contributed by atoms with Gasteiger partial charge in [0.05, 0.1) is 30.4 Å². The number of hydrogen-bond acceptors (Lipinski definition) is 6. The van der Waals surface area contributed by atoms with Crippen LogP contribution in [0.1, 0.15) is 60.7 Å². The maximum Gasteiger partial charge on any atom is 0.323 e. The molecule has 47 heavy (non-hydrogen) atoms. The zero-order chi connectivity index (χ0) is 33.9. The Balaban J connectivity index is 1.60. The molecule has 0 saturated carbocycles. The third kappa shape index (κ3) is 10.0. The van der Waals surface area contributed by atoms with Crippen molar-refractivity contribution in [3.63, 3.8) is 0 Å². The highest BCUT2D eigenvalue weighted by atomic mass is 19.1. The Kier molecular flexibility index (Phi) is 12.7. The normalized spacial score (nSPS) is 19.8. The molecule has 4 rings (SSSR count). The van der Waals surface area contributed by atoms with E-state index in [1.54, 1.807) is 54.1 Å². The molecule has 10 nitrogen and oxygen atoms in total. The van der Waals surface area contributed by atoms with Crippen molar-refractivity contribution < 1.29 is 33.4 Å². The number of carbonyl (C=O) groups is 3. The van der Waals surface area contributed by atoms with E-state index in [0.717, 1.165) is 19.3 Å². The lowest BCUT2D eigenvalue weighted by Crippen LogP contribution is -2.48. The van der Waals surface area contributed by atoms with E-state index in [1.807, 2.05) is 32.0 Å². The fraction of sp³-hybridized carbons (Fsp3) is 0.417. The summed E-state index contributed by atoms with van der Waals surface area (Å²) < 4.78 is 25.9. The molecule has 3 N–H and O–H groups in total. The average Bonchev–Trinajstić information content (AvgIpc) is 3.07. The van der Waals surface area contributed by atoms with Gasteiger partial charge in [-0.3, -0.25) is 9.59 Å². The summed E-state index contributed by atoms with van der Waals surface area (Å²) in [5, 5.41) is 15.6. The first-order valence-electron chi connectivity index (χ1n) is 16.0.